The average Bonchev–Trinajstić information content (AvgIpc) is 2.87. The fourth-order valence-electron chi connectivity index (χ4n) is 6.34. The molecule has 4 heterocycles. The van der Waals surface area contributed by atoms with Crippen molar-refractivity contribution < 1.29 is 4.74 Å². The predicted molar refractivity (Wildman–Crippen MR) is 132 cm³/mol. The SMILES string of the molecule is CNC1CCCc2ccc(C[C@H]3Cc4c(cccc4N4CCN5CCOC[C@H]5C4)CN3)nc21. The maximum atomic E-state index is 5.78. The second kappa shape index (κ2) is 9.34. The van der Waals surface area contributed by atoms with Gasteiger partial charge in [-0.25, -0.2) is 0 Å². The van der Waals surface area contributed by atoms with Gasteiger partial charge < -0.3 is 20.3 Å². The second-order valence-electron chi connectivity index (χ2n) is 10.2. The summed E-state index contributed by atoms with van der Waals surface area (Å²) in [6, 6.07) is 12.8. The number of morpholine rings is 1. The maximum absolute atomic E-state index is 5.78. The van der Waals surface area contributed by atoms with Crippen LogP contribution in [-0.2, 0) is 30.5 Å². The monoisotopic (exact) mass is 447 g/mol. The van der Waals surface area contributed by atoms with Crippen LogP contribution in [0.4, 0.5) is 5.69 Å². The van der Waals surface area contributed by atoms with E-state index in [1.807, 2.05) is 0 Å². The molecule has 2 N–H and O–H groups in total. The standard InChI is InChI=1S/C27H37N5O/c1-28-25-6-2-4-19-8-9-21(30-27(19)25)14-22-15-24-20(16-29-22)5-3-7-26(24)32-11-10-31-12-13-33-18-23(31)17-32/h3,5,7-9,22-23,25,28-29H,2,4,6,10-18H2,1H3/t22-,23+,25?/m0/s1. The normalized spacial score (nSPS) is 27.5. The molecule has 0 radical (unpaired) electrons. The van der Waals surface area contributed by atoms with Crippen molar-refractivity contribution in [1.29, 1.82) is 0 Å². The van der Waals surface area contributed by atoms with E-state index in [0.29, 0.717) is 18.1 Å². The van der Waals surface area contributed by atoms with Gasteiger partial charge in [0.1, 0.15) is 0 Å². The summed E-state index contributed by atoms with van der Waals surface area (Å²) in [4.78, 5) is 10.4. The minimum Gasteiger partial charge on any atom is -0.378 e. The van der Waals surface area contributed by atoms with Crippen molar-refractivity contribution >= 4 is 5.69 Å². The van der Waals surface area contributed by atoms with Crippen molar-refractivity contribution in [2.75, 3.05) is 51.3 Å². The van der Waals surface area contributed by atoms with Crippen molar-refractivity contribution in [3.63, 3.8) is 0 Å². The van der Waals surface area contributed by atoms with E-state index in [9.17, 15) is 0 Å². The third-order valence-corrected chi connectivity index (χ3v) is 8.20. The van der Waals surface area contributed by atoms with E-state index in [1.165, 1.54) is 53.0 Å². The largest absolute Gasteiger partial charge is 0.378 e. The molecule has 2 aromatic rings. The summed E-state index contributed by atoms with van der Waals surface area (Å²) in [5.41, 5.74) is 8.38. The van der Waals surface area contributed by atoms with Crippen LogP contribution in [0.2, 0.25) is 0 Å². The van der Waals surface area contributed by atoms with Gasteiger partial charge in [0.15, 0.2) is 0 Å². The zero-order valence-electron chi connectivity index (χ0n) is 19.9. The van der Waals surface area contributed by atoms with Gasteiger partial charge >= 0.3 is 0 Å². The zero-order chi connectivity index (χ0) is 22.2. The number of aromatic nitrogens is 1. The van der Waals surface area contributed by atoms with Crippen LogP contribution in [0.3, 0.4) is 0 Å². The highest BCUT2D eigenvalue weighted by Gasteiger charge is 2.32. The van der Waals surface area contributed by atoms with Crippen molar-refractivity contribution in [1.82, 2.24) is 20.5 Å². The minimum atomic E-state index is 0.405. The number of aryl methyl sites for hydroxylation is 1. The molecule has 0 amide bonds. The Bertz CT molecular complexity index is 994. The summed E-state index contributed by atoms with van der Waals surface area (Å²) in [5.74, 6) is 0. The predicted octanol–water partition coefficient (Wildman–Crippen LogP) is 2.46. The fourth-order valence-corrected chi connectivity index (χ4v) is 6.34. The van der Waals surface area contributed by atoms with Crippen LogP contribution in [0, 0.1) is 0 Å². The second-order valence-corrected chi connectivity index (χ2v) is 10.2. The molecule has 0 saturated carbocycles. The fraction of sp³-hybridized carbons (Fsp3) is 0.593. The lowest BCUT2D eigenvalue weighted by Gasteiger charge is -2.45. The Morgan fingerprint density at radius 3 is 3.06 bits per heavy atom. The number of piperazine rings is 1. The zero-order valence-corrected chi connectivity index (χ0v) is 19.9. The van der Waals surface area contributed by atoms with Crippen molar-refractivity contribution in [2.45, 2.75) is 56.8 Å². The molecule has 1 aliphatic carbocycles. The van der Waals surface area contributed by atoms with E-state index in [2.05, 4.69) is 57.8 Å². The number of hydrogen-bond acceptors (Lipinski definition) is 6. The first-order valence-corrected chi connectivity index (χ1v) is 12.9. The molecule has 176 valence electrons. The number of fused-ring (bicyclic) bond motifs is 3. The van der Waals surface area contributed by atoms with Gasteiger partial charge in [-0.15, -0.1) is 0 Å². The number of ether oxygens (including phenoxy) is 1. The van der Waals surface area contributed by atoms with Gasteiger partial charge in [-0.1, -0.05) is 18.2 Å². The van der Waals surface area contributed by atoms with Gasteiger partial charge in [-0.2, -0.15) is 0 Å². The number of nitrogens with one attached hydrogen (secondary N) is 2. The molecule has 2 saturated heterocycles. The van der Waals surface area contributed by atoms with Gasteiger partial charge in [0.25, 0.3) is 0 Å². The third kappa shape index (κ3) is 4.30. The Balaban J connectivity index is 1.20. The summed E-state index contributed by atoms with van der Waals surface area (Å²) >= 11 is 0. The van der Waals surface area contributed by atoms with Gasteiger partial charge in [-0.3, -0.25) is 9.88 Å². The smallest absolute Gasteiger partial charge is 0.0639 e. The van der Waals surface area contributed by atoms with Crippen LogP contribution in [0.15, 0.2) is 30.3 Å². The maximum Gasteiger partial charge on any atom is 0.0639 e. The van der Waals surface area contributed by atoms with Gasteiger partial charge in [-0.05, 0) is 61.6 Å². The van der Waals surface area contributed by atoms with Crippen LogP contribution in [0.25, 0.3) is 0 Å². The molecule has 3 aliphatic heterocycles. The first-order chi connectivity index (χ1) is 16.3. The lowest BCUT2D eigenvalue weighted by atomic mass is 9.89. The summed E-state index contributed by atoms with van der Waals surface area (Å²) in [7, 11) is 2.06. The highest BCUT2D eigenvalue weighted by molar-refractivity contribution is 5.58. The van der Waals surface area contributed by atoms with E-state index < -0.39 is 0 Å². The molecular weight excluding hydrogens is 410 g/mol. The van der Waals surface area contributed by atoms with E-state index in [-0.39, 0.29) is 0 Å². The summed E-state index contributed by atoms with van der Waals surface area (Å²) < 4.78 is 5.78. The van der Waals surface area contributed by atoms with Crippen molar-refractivity contribution in [2.24, 2.45) is 0 Å². The molecule has 6 rings (SSSR count). The summed E-state index contributed by atoms with van der Waals surface area (Å²) in [5, 5.41) is 7.27. The number of benzene rings is 1. The van der Waals surface area contributed by atoms with Crippen LogP contribution in [0.1, 0.15) is 47.0 Å². The Kier molecular flexibility index (Phi) is 6.09. The lowest BCUT2D eigenvalue weighted by Crippen LogP contribution is -2.58. The molecule has 1 unspecified atom stereocenters. The van der Waals surface area contributed by atoms with Crippen molar-refractivity contribution in [3.05, 3.63) is 58.4 Å². The Hall–Kier alpha value is -1.99. The van der Waals surface area contributed by atoms with Gasteiger partial charge in [0.2, 0.25) is 0 Å². The number of hydrogen-bond donors (Lipinski definition) is 2. The number of rotatable bonds is 4. The topological polar surface area (TPSA) is 52.7 Å². The first kappa shape index (κ1) is 21.5. The molecular formula is C27H37N5O. The Morgan fingerprint density at radius 2 is 2.12 bits per heavy atom. The van der Waals surface area contributed by atoms with E-state index in [1.54, 1.807) is 0 Å². The number of anilines is 1. The summed E-state index contributed by atoms with van der Waals surface area (Å²) in [6.07, 6.45) is 5.67. The molecule has 6 nitrogen and oxygen atoms in total. The molecule has 1 aromatic carbocycles. The molecule has 6 heteroatoms. The summed E-state index contributed by atoms with van der Waals surface area (Å²) in [6.45, 7) is 7.12. The van der Waals surface area contributed by atoms with Crippen LogP contribution >= 0.6 is 0 Å². The minimum absolute atomic E-state index is 0.405. The Morgan fingerprint density at radius 1 is 1.15 bits per heavy atom. The quantitative estimate of drug-likeness (QED) is 0.751. The first-order valence-electron chi connectivity index (χ1n) is 12.9. The van der Waals surface area contributed by atoms with E-state index in [0.717, 1.165) is 58.8 Å². The molecule has 0 spiro atoms. The average molecular weight is 448 g/mol. The van der Waals surface area contributed by atoms with E-state index in [4.69, 9.17) is 9.72 Å². The third-order valence-electron chi connectivity index (χ3n) is 8.20. The highest BCUT2D eigenvalue weighted by Crippen LogP contribution is 2.32. The lowest BCUT2D eigenvalue weighted by molar-refractivity contribution is -0.0117. The molecule has 0 bridgehead atoms. The van der Waals surface area contributed by atoms with Crippen LogP contribution in [0.5, 0.6) is 0 Å². The molecule has 1 aromatic heterocycles. The molecule has 33 heavy (non-hydrogen) atoms. The number of nitrogens with zero attached hydrogens (tertiary/aromatic N) is 3. The molecule has 4 aliphatic rings. The van der Waals surface area contributed by atoms with Gasteiger partial charge in [0, 0.05) is 62.6 Å². The van der Waals surface area contributed by atoms with E-state index >= 15 is 0 Å². The Labute approximate surface area is 197 Å². The van der Waals surface area contributed by atoms with Crippen LogP contribution < -0.4 is 15.5 Å². The molecule has 3 atom stereocenters. The van der Waals surface area contributed by atoms with Crippen molar-refractivity contribution in [3.8, 4) is 0 Å². The van der Waals surface area contributed by atoms with Crippen LogP contribution in [-0.4, -0.2) is 68.4 Å². The van der Waals surface area contributed by atoms with Gasteiger partial charge in [0.05, 0.1) is 24.9 Å². The highest BCUT2D eigenvalue weighted by atomic mass is 16.5. The molecule has 2 fully saturated rings. The number of pyridine rings is 1.